The van der Waals surface area contributed by atoms with Gasteiger partial charge >= 0.3 is 0 Å². The molecule has 0 amide bonds. The first-order valence-electron chi connectivity index (χ1n) is 8.70. The average Bonchev–Trinajstić information content (AvgIpc) is 2.67. The summed E-state index contributed by atoms with van der Waals surface area (Å²) in [7, 11) is -3.52. The van der Waals surface area contributed by atoms with Crippen LogP contribution in [0.4, 0.5) is 0 Å². The zero-order valence-electron chi connectivity index (χ0n) is 14.8. The predicted molar refractivity (Wildman–Crippen MR) is 106 cm³/mol. The Balaban J connectivity index is 1.78. The molecule has 0 fully saturated rings. The first-order chi connectivity index (χ1) is 12.5. The van der Waals surface area contributed by atoms with E-state index in [1.54, 1.807) is 12.1 Å². The molecule has 0 bridgehead atoms. The average molecular weight is 365 g/mol. The maximum absolute atomic E-state index is 12.6. The fourth-order valence-corrected chi connectivity index (χ4v) is 4.02. The van der Waals surface area contributed by atoms with Gasteiger partial charge in [0.2, 0.25) is 10.0 Å². The predicted octanol–water partition coefficient (Wildman–Crippen LogP) is 4.30. The smallest absolute Gasteiger partial charge is 0.211 e. The van der Waals surface area contributed by atoms with Crippen LogP contribution in [0.3, 0.4) is 0 Å². The van der Waals surface area contributed by atoms with Gasteiger partial charge in [0.15, 0.2) is 0 Å². The number of nitrogens with one attached hydrogen (secondary N) is 1. The summed E-state index contributed by atoms with van der Waals surface area (Å²) < 4.78 is 28.0. The molecular formula is C22H23NO2S. The Morgan fingerprint density at radius 2 is 1.38 bits per heavy atom. The van der Waals surface area contributed by atoms with Crippen LogP contribution in [0.25, 0.3) is 0 Å². The quantitative estimate of drug-likeness (QED) is 0.678. The number of hydrogen-bond donors (Lipinski definition) is 1. The lowest BCUT2D eigenvalue weighted by Crippen LogP contribution is -2.29. The van der Waals surface area contributed by atoms with Crippen molar-refractivity contribution in [2.75, 3.05) is 6.54 Å². The minimum Gasteiger partial charge on any atom is -0.211 e. The fraction of sp³-hybridized carbons (Fsp3) is 0.182. The highest BCUT2D eigenvalue weighted by molar-refractivity contribution is 7.89. The van der Waals surface area contributed by atoms with Crippen molar-refractivity contribution < 1.29 is 8.42 Å². The van der Waals surface area contributed by atoms with Gasteiger partial charge in [0.05, 0.1) is 4.90 Å². The van der Waals surface area contributed by atoms with Crippen LogP contribution in [-0.2, 0) is 16.4 Å². The van der Waals surface area contributed by atoms with Crippen LogP contribution in [0.15, 0.2) is 89.8 Å². The molecule has 1 unspecified atom stereocenters. The molecule has 4 heteroatoms. The van der Waals surface area contributed by atoms with Crippen LogP contribution < -0.4 is 4.72 Å². The summed E-state index contributed by atoms with van der Waals surface area (Å²) in [6.07, 6.45) is 0.779. The summed E-state index contributed by atoms with van der Waals surface area (Å²) in [6, 6.07) is 27.1. The molecule has 3 nitrogen and oxygen atoms in total. The molecule has 0 aliphatic carbocycles. The van der Waals surface area contributed by atoms with Crippen molar-refractivity contribution in [1.29, 1.82) is 0 Å². The number of rotatable bonds is 7. The van der Waals surface area contributed by atoms with Gasteiger partial charge in [-0.15, -0.1) is 0 Å². The summed E-state index contributed by atoms with van der Waals surface area (Å²) in [6.45, 7) is 2.30. The van der Waals surface area contributed by atoms with Crippen molar-refractivity contribution in [3.05, 3.63) is 102 Å². The largest absolute Gasteiger partial charge is 0.240 e. The molecule has 0 aliphatic rings. The molecule has 3 aromatic rings. The molecule has 0 saturated heterocycles. The third kappa shape index (κ3) is 4.81. The van der Waals surface area contributed by atoms with Gasteiger partial charge in [0.1, 0.15) is 0 Å². The summed E-state index contributed by atoms with van der Waals surface area (Å²) in [5.74, 6) is 0.0684. The van der Waals surface area contributed by atoms with Crippen molar-refractivity contribution >= 4 is 10.0 Å². The Kier molecular flexibility index (Phi) is 5.86. The monoisotopic (exact) mass is 365 g/mol. The minimum atomic E-state index is -3.52. The van der Waals surface area contributed by atoms with E-state index in [0.717, 1.165) is 17.5 Å². The second kappa shape index (κ2) is 8.30. The molecule has 1 N–H and O–H groups in total. The summed E-state index contributed by atoms with van der Waals surface area (Å²) in [5, 5.41) is 0. The summed E-state index contributed by atoms with van der Waals surface area (Å²) in [5.41, 5.74) is 3.36. The summed E-state index contributed by atoms with van der Waals surface area (Å²) in [4.78, 5) is 0.301. The zero-order chi connectivity index (χ0) is 18.4. The maximum atomic E-state index is 12.6. The minimum absolute atomic E-state index is 0.0684. The molecule has 3 aromatic carbocycles. The number of sulfonamides is 1. The first kappa shape index (κ1) is 18.4. The fourth-order valence-electron chi connectivity index (χ4n) is 2.94. The van der Waals surface area contributed by atoms with E-state index in [-0.39, 0.29) is 5.92 Å². The highest BCUT2D eigenvalue weighted by Crippen LogP contribution is 2.21. The van der Waals surface area contributed by atoms with E-state index in [1.807, 2.05) is 67.6 Å². The molecule has 3 rings (SSSR count). The lowest BCUT2D eigenvalue weighted by molar-refractivity contribution is 0.568. The third-order valence-electron chi connectivity index (χ3n) is 4.45. The van der Waals surface area contributed by atoms with E-state index in [4.69, 9.17) is 0 Å². The van der Waals surface area contributed by atoms with Crippen LogP contribution >= 0.6 is 0 Å². The van der Waals surface area contributed by atoms with Crippen molar-refractivity contribution in [3.8, 4) is 0 Å². The van der Waals surface area contributed by atoms with Gasteiger partial charge in [-0.25, -0.2) is 13.1 Å². The van der Waals surface area contributed by atoms with Crippen LogP contribution in [0.2, 0.25) is 0 Å². The number of hydrogen-bond acceptors (Lipinski definition) is 2. The molecule has 0 aromatic heterocycles. The highest BCUT2D eigenvalue weighted by Gasteiger charge is 2.18. The lowest BCUT2D eigenvalue weighted by Gasteiger charge is -2.18. The Labute approximate surface area is 155 Å². The standard InChI is InChI=1S/C22H23NO2S/c1-18-12-14-22(15-13-18)26(24,25)23-17-21(20-10-6-3-7-11-20)16-19-8-4-2-5-9-19/h2-15,21,23H,16-17H2,1H3. The molecule has 0 heterocycles. The molecule has 1 atom stereocenters. The number of benzene rings is 3. The topological polar surface area (TPSA) is 46.2 Å². The van der Waals surface area contributed by atoms with Gasteiger partial charge in [-0.3, -0.25) is 0 Å². The zero-order valence-corrected chi connectivity index (χ0v) is 15.6. The highest BCUT2D eigenvalue weighted by atomic mass is 32.2. The van der Waals surface area contributed by atoms with E-state index in [0.29, 0.717) is 11.4 Å². The maximum Gasteiger partial charge on any atom is 0.240 e. The van der Waals surface area contributed by atoms with E-state index in [9.17, 15) is 8.42 Å². The van der Waals surface area contributed by atoms with E-state index in [2.05, 4.69) is 16.9 Å². The van der Waals surface area contributed by atoms with Gasteiger partial charge < -0.3 is 0 Å². The van der Waals surface area contributed by atoms with Crippen molar-refractivity contribution in [1.82, 2.24) is 4.72 Å². The second-order valence-electron chi connectivity index (χ2n) is 6.46. The molecule has 134 valence electrons. The van der Waals surface area contributed by atoms with Crippen LogP contribution in [0.5, 0.6) is 0 Å². The van der Waals surface area contributed by atoms with Gasteiger partial charge in [0, 0.05) is 12.5 Å². The Morgan fingerprint density at radius 1 is 0.808 bits per heavy atom. The van der Waals surface area contributed by atoms with Gasteiger partial charge in [-0.1, -0.05) is 78.4 Å². The normalized spacial score (nSPS) is 12.7. The van der Waals surface area contributed by atoms with Crippen molar-refractivity contribution in [3.63, 3.8) is 0 Å². The van der Waals surface area contributed by atoms with Crippen molar-refractivity contribution in [2.24, 2.45) is 0 Å². The van der Waals surface area contributed by atoms with Crippen LogP contribution in [-0.4, -0.2) is 15.0 Å². The van der Waals surface area contributed by atoms with Gasteiger partial charge in [-0.2, -0.15) is 0 Å². The van der Waals surface area contributed by atoms with Gasteiger partial charge in [-0.05, 0) is 36.6 Å². The van der Waals surface area contributed by atoms with Crippen LogP contribution in [0, 0.1) is 6.92 Å². The SMILES string of the molecule is Cc1ccc(S(=O)(=O)NCC(Cc2ccccc2)c2ccccc2)cc1. The van der Waals surface area contributed by atoms with Crippen LogP contribution in [0.1, 0.15) is 22.6 Å². The first-order valence-corrected chi connectivity index (χ1v) is 10.2. The molecular weight excluding hydrogens is 342 g/mol. The molecule has 26 heavy (non-hydrogen) atoms. The number of aryl methyl sites for hydroxylation is 1. The van der Waals surface area contributed by atoms with E-state index >= 15 is 0 Å². The third-order valence-corrected chi connectivity index (χ3v) is 5.89. The molecule has 0 radical (unpaired) electrons. The molecule has 0 aliphatic heterocycles. The molecule has 0 spiro atoms. The molecule has 0 saturated carbocycles. The summed E-state index contributed by atoms with van der Waals surface area (Å²) >= 11 is 0. The van der Waals surface area contributed by atoms with E-state index in [1.165, 1.54) is 5.56 Å². The van der Waals surface area contributed by atoms with Crippen molar-refractivity contribution in [2.45, 2.75) is 24.2 Å². The Morgan fingerprint density at radius 3 is 2.00 bits per heavy atom. The lowest BCUT2D eigenvalue weighted by atomic mass is 9.92. The Bertz CT molecular complexity index is 921. The Hall–Kier alpha value is -2.43. The van der Waals surface area contributed by atoms with Gasteiger partial charge in [0.25, 0.3) is 0 Å². The van der Waals surface area contributed by atoms with E-state index < -0.39 is 10.0 Å². The second-order valence-corrected chi connectivity index (χ2v) is 8.23.